The fourth-order valence-corrected chi connectivity index (χ4v) is 1.35. The second kappa shape index (κ2) is 3.87. The van der Waals surface area contributed by atoms with Crippen LogP contribution in [0.5, 0.6) is 0 Å². The summed E-state index contributed by atoms with van der Waals surface area (Å²) in [5, 5.41) is 0. The third-order valence-electron chi connectivity index (χ3n) is 2.31. The van der Waals surface area contributed by atoms with E-state index in [1.807, 2.05) is 0 Å². The zero-order valence-electron chi connectivity index (χ0n) is 8.97. The highest BCUT2D eigenvalue weighted by Gasteiger charge is 2.90. The van der Waals surface area contributed by atoms with Crippen molar-refractivity contribution in [3.8, 4) is 0 Å². The number of hydrogen-bond acceptors (Lipinski definition) is 2. The summed E-state index contributed by atoms with van der Waals surface area (Å²) >= 11 is 0. The normalized spacial score (nSPS) is 35.4. The van der Waals surface area contributed by atoms with Crippen molar-refractivity contribution in [3.63, 3.8) is 0 Å². The molecule has 13 heteroatoms. The third-order valence-corrected chi connectivity index (χ3v) is 2.31. The molecule has 1 aliphatic heterocycles. The molecule has 1 aliphatic rings. The molecule has 1 fully saturated rings. The van der Waals surface area contributed by atoms with E-state index in [4.69, 9.17) is 0 Å². The molecule has 0 aromatic rings. The summed E-state index contributed by atoms with van der Waals surface area (Å²) in [5.74, 6) is -17.1. The number of rotatable bonds is 0. The van der Waals surface area contributed by atoms with Crippen LogP contribution in [0.3, 0.4) is 0 Å². The highest BCUT2D eigenvalue weighted by Crippen LogP contribution is 2.62. The number of ether oxygens (including phenoxy) is 2. The van der Waals surface area contributed by atoms with Gasteiger partial charge in [0.15, 0.2) is 0 Å². The summed E-state index contributed by atoms with van der Waals surface area (Å²) in [6, 6.07) is 0. The van der Waals surface area contributed by atoms with Crippen LogP contribution in [-0.4, -0.2) is 36.0 Å². The summed E-state index contributed by atoms with van der Waals surface area (Å²) in [4.78, 5) is 0. The van der Waals surface area contributed by atoms with E-state index >= 15 is 0 Å². The third kappa shape index (κ3) is 2.01. The molecular weight excluding hydrogens is 325 g/mol. The van der Waals surface area contributed by atoms with Crippen molar-refractivity contribution in [1.29, 1.82) is 0 Å². The molecule has 2 nitrogen and oxygen atoms in total. The van der Waals surface area contributed by atoms with Crippen LogP contribution < -0.4 is 0 Å². The van der Waals surface area contributed by atoms with Crippen LogP contribution in [0.1, 0.15) is 6.92 Å². The predicted molar refractivity (Wildman–Crippen MR) is 36.4 cm³/mol. The molecule has 0 aromatic carbocycles. The Balaban J connectivity index is 3.52. The first-order valence-electron chi connectivity index (χ1n) is 4.40. The van der Waals surface area contributed by atoms with E-state index in [1.54, 1.807) is 0 Å². The highest BCUT2D eigenvalue weighted by molar-refractivity contribution is 5.04. The lowest BCUT2D eigenvalue weighted by Gasteiger charge is -2.31. The van der Waals surface area contributed by atoms with Gasteiger partial charge in [0.1, 0.15) is 0 Å². The lowest BCUT2D eigenvalue weighted by molar-refractivity contribution is -0.467. The molecule has 2 unspecified atom stereocenters. The molecule has 0 amide bonds. The van der Waals surface area contributed by atoms with E-state index in [1.165, 1.54) is 0 Å². The quantitative estimate of drug-likeness (QED) is 0.630. The maximum absolute atomic E-state index is 13.3. The predicted octanol–water partition coefficient (Wildman–Crippen LogP) is 3.77. The lowest BCUT2D eigenvalue weighted by atomic mass is 10.1. The Morgan fingerprint density at radius 3 is 1.15 bits per heavy atom. The zero-order chi connectivity index (χ0) is 16.4. The molecule has 0 N–H and O–H groups in total. The Kier molecular flexibility index (Phi) is 3.33. The average Bonchev–Trinajstić information content (AvgIpc) is 2.32. The van der Waals surface area contributed by atoms with Crippen molar-refractivity contribution in [1.82, 2.24) is 0 Å². The summed E-state index contributed by atoms with van der Waals surface area (Å²) in [6.07, 6.45) is -20.0. The van der Waals surface area contributed by atoms with Gasteiger partial charge in [-0.05, 0) is 0 Å². The van der Waals surface area contributed by atoms with Gasteiger partial charge < -0.3 is 0 Å². The van der Waals surface area contributed by atoms with E-state index in [2.05, 4.69) is 9.47 Å². The Bertz CT molecular complexity index is 377. The van der Waals surface area contributed by atoms with Crippen molar-refractivity contribution in [2.24, 2.45) is 0 Å². The summed E-state index contributed by atoms with van der Waals surface area (Å²) in [7, 11) is 0. The Morgan fingerprint density at radius 1 is 0.650 bits per heavy atom. The summed E-state index contributed by atoms with van der Waals surface area (Å²) in [5.41, 5.74) is 0. The summed E-state index contributed by atoms with van der Waals surface area (Å²) in [6.45, 7) is -0.598. The minimum Gasteiger partial charge on any atom is -0.293 e. The maximum atomic E-state index is 13.3. The fraction of sp³-hybridized carbons (Fsp3) is 1.00. The van der Waals surface area contributed by atoms with Crippen LogP contribution in [0.15, 0.2) is 0 Å². The zero-order valence-corrected chi connectivity index (χ0v) is 8.97. The topological polar surface area (TPSA) is 18.5 Å². The van der Waals surface area contributed by atoms with Gasteiger partial charge in [0.05, 0.1) is 0 Å². The van der Waals surface area contributed by atoms with E-state index in [-0.39, 0.29) is 0 Å². The minimum atomic E-state index is -6.71. The van der Waals surface area contributed by atoms with Crippen molar-refractivity contribution in [2.45, 2.75) is 42.9 Å². The van der Waals surface area contributed by atoms with Gasteiger partial charge in [0.2, 0.25) is 0 Å². The number of alkyl halides is 11. The number of halogens is 11. The second-order valence-electron chi connectivity index (χ2n) is 3.83. The van der Waals surface area contributed by atoms with Gasteiger partial charge in [0, 0.05) is 6.92 Å². The Labute approximate surface area is 102 Å². The van der Waals surface area contributed by atoms with E-state index < -0.39 is 42.9 Å². The van der Waals surface area contributed by atoms with Gasteiger partial charge in [-0.3, -0.25) is 9.47 Å². The van der Waals surface area contributed by atoms with Crippen molar-refractivity contribution in [3.05, 3.63) is 0 Å². The Hall–Kier alpha value is -0.850. The van der Waals surface area contributed by atoms with E-state index in [0.717, 1.165) is 0 Å². The molecule has 0 saturated carbocycles. The molecule has 2 atom stereocenters. The van der Waals surface area contributed by atoms with Crippen molar-refractivity contribution in [2.75, 3.05) is 0 Å². The van der Waals surface area contributed by atoms with E-state index in [0.29, 0.717) is 0 Å². The van der Waals surface area contributed by atoms with Gasteiger partial charge in [-0.15, -0.1) is 0 Å². The highest BCUT2D eigenvalue weighted by atomic mass is 19.4. The van der Waals surface area contributed by atoms with Crippen molar-refractivity contribution < 1.29 is 57.8 Å². The molecule has 1 saturated heterocycles. The first-order valence-corrected chi connectivity index (χ1v) is 4.40. The largest absolute Gasteiger partial charge is 0.454 e. The maximum Gasteiger partial charge on any atom is 0.454 e. The lowest BCUT2D eigenvalue weighted by Crippen LogP contribution is -2.59. The second-order valence-corrected chi connectivity index (χ2v) is 3.83. The van der Waals surface area contributed by atoms with Crippen LogP contribution in [0.25, 0.3) is 0 Å². The van der Waals surface area contributed by atoms with Crippen LogP contribution in [-0.2, 0) is 9.47 Å². The van der Waals surface area contributed by atoms with Gasteiger partial charge in [-0.25, -0.2) is 4.39 Å². The van der Waals surface area contributed by atoms with Crippen LogP contribution in [0, 0.1) is 0 Å². The molecule has 1 rings (SSSR count). The molecule has 0 aliphatic carbocycles. The fourth-order valence-electron chi connectivity index (χ4n) is 1.35. The molecule has 0 spiro atoms. The SMILES string of the molecule is CC1(F)OC(C(F)(F)F)(C(F)(F)F)OC1(F)C(F)(F)F. The average molecular weight is 328 g/mol. The first-order chi connectivity index (χ1) is 8.41. The molecule has 120 valence electrons. The van der Waals surface area contributed by atoms with Crippen molar-refractivity contribution >= 4 is 0 Å². The summed E-state index contributed by atoms with van der Waals surface area (Å²) < 4.78 is 142. The standard InChI is InChI=1S/C7H3F11O2/c1-2(8)3(9,5(10,11)12)20-4(19-2,6(13,14)15)7(16,17)18/h1H3. The van der Waals surface area contributed by atoms with Gasteiger partial charge >= 0.3 is 30.2 Å². The smallest absolute Gasteiger partial charge is 0.293 e. The first kappa shape index (κ1) is 17.2. The van der Waals surface area contributed by atoms with Gasteiger partial charge in [-0.1, -0.05) is 0 Å². The number of hydrogen-bond donors (Lipinski definition) is 0. The van der Waals surface area contributed by atoms with E-state index in [9.17, 15) is 48.3 Å². The van der Waals surface area contributed by atoms with Gasteiger partial charge in [-0.2, -0.15) is 43.9 Å². The van der Waals surface area contributed by atoms with Crippen LogP contribution in [0.2, 0.25) is 0 Å². The van der Waals surface area contributed by atoms with Crippen LogP contribution >= 0.6 is 0 Å². The molecule has 0 bridgehead atoms. The molecule has 0 radical (unpaired) electrons. The molecular formula is C7H3F11O2. The molecule has 20 heavy (non-hydrogen) atoms. The Morgan fingerprint density at radius 2 is 1.00 bits per heavy atom. The molecule has 1 heterocycles. The molecule has 0 aromatic heterocycles. The van der Waals surface area contributed by atoms with Gasteiger partial charge in [0.25, 0.3) is 5.85 Å². The monoisotopic (exact) mass is 328 g/mol. The van der Waals surface area contributed by atoms with Crippen LogP contribution in [0.4, 0.5) is 48.3 Å². The minimum absolute atomic E-state index is 0.598.